The molecule has 9 heterocycles. The molecule has 3 saturated carbocycles. The molecule has 530 valence electrons. The molecule has 0 bridgehead atoms. The van der Waals surface area contributed by atoms with Crippen molar-refractivity contribution >= 4 is 34.4 Å². The van der Waals surface area contributed by atoms with E-state index in [9.17, 15) is 28.8 Å². The second kappa shape index (κ2) is 36.9. The summed E-state index contributed by atoms with van der Waals surface area (Å²) in [5.74, 6) is 16.8. The number of amides is 4. The molecule has 27 heteroatoms. The minimum atomic E-state index is -0.515. The second-order valence-corrected chi connectivity index (χ2v) is 24.4. The third kappa shape index (κ3) is 16.7. The fourth-order valence-corrected chi connectivity index (χ4v) is 14.0. The van der Waals surface area contributed by atoms with E-state index in [1.165, 1.54) is 48.3 Å². The van der Waals surface area contributed by atoms with Crippen LogP contribution in [-0.4, -0.2) is 54.6 Å². The van der Waals surface area contributed by atoms with E-state index in [0.29, 0.717) is 70.7 Å². The van der Waals surface area contributed by atoms with Crippen molar-refractivity contribution < 1.29 is 122 Å². The summed E-state index contributed by atoms with van der Waals surface area (Å²) in [6, 6.07) is 44.1. The SMILES string of the molecule is C.NCc1ccc(C2(c3ccc(CN)o3)CCCCC2)o1.NN.O.O=C1c2ccccc2C(=O)N1Cc1ccc(C2(c3ccc(CN4C(=O)c5ccccc5C4=O)o3)CCCCC2)o1.O=c1[nH][nH]c(=O)c2ccccc12.[Cl-].[Cl-].[NH3+]Cc1ccc(C2(c3ccc(C[NH3+])o3)CCCCC2)o1.[Na+].[OH-]. The summed E-state index contributed by atoms with van der Waals surface area (Å²) in [7, 11) is 0. The number of H-pyrrole nitrogens is 2. The van der Waals surface area contributed by atoms with Crippen LogP contribution in [0.2, 0.25) is 0 Å². The molecule has 0 spiro atoms. The number of imide groups is 2. The zero-order chi connectivity index (χ0) is 66.0. The molecule has 4 amide bonds. The van der Waals surface area contributed by atoms with Crippen molar-refractivity contribution in [2.24, 2.45) is 23.2 Å². The van der Waals surface area contributed by atoms with Gasteiger partial charge in [0.1, 0.15) is 70.7 Å². The fraction of sp³-hybridized carbons (Fsp3) is 0.342. The summed E-state index contributed by atoms with van der Waals surface area (Å²) < 4.78 is 36.6. The maximum atomic E-state index is 12.9. The van der Waals surface area contributed by atoms with E-state index in [2.05, 4.69) is 57.6 Å². The number of fused-ring (bicyclic) bond motifs is 3. The number of nitrogens with one attached hydrogen (secondary N) is 2. The van der Waals surface area contributed by atoms with Gasteiger partial charge in [-0.2, -0.15) is 0 Å². The van der Waals surface area contributed by atoms with Gasteiger partial charge in [0.15, 0.2) is 11.5 Å². The number of halogens is 2. The predicted molar refractivity (Wildman–Crippen MR) is 360 cm³/mol. The van der Waals surface area contributed by atoms with Crippen LogP contribution in [0.25, 0.3) is 10.8 Å². The second-order valence-electron chi connectivity index (χ2n) is 24.4. The number of benzene rings is 3. The zero-order valence-electron chi connectivity index (χ0n) is 55.4. The van der Waals surface area contributed by atoms with Crippen molar-refractivity contribution in [3.8, 4) is 0 Å². The van der Waals surface area contributed by atoms with E-state index in [1.54, 1.807) is 72.8 Å². The number of quaternary nitrogens is 2. The van der Waals surface area contributed by atoms with Crippen molar-refractivity contribution in [2.75, 3.05) is 0 Å². The van der Waals surface area contributed by atoms with Crippen LogP contribution in [0.4, 0.5) is 0 Å². The van der Waals surface area contributed by atoms with Crippen LogP contribution >= 0.6 is 0 Å². The summed E-state index contributed by atoms with van der Waals surface area (Å²) >= 11 is 0. The van der Waals surface area contributed by atoms with Crippen molar-refractivity contribution in [1.29, 1.82) is 0 Å². The van der Waals surface area contributed by atoms with Gasteiger partial charge in [-0.1, -0.05) is 102 Å². The smallest absolute Gasteiger partial charge is 1.00 e. The zero-order valence-corrected chi connectivity index (χ0v) is 58.9. The van der Waals surface area contributed by atoms with Crippen LogP contribution in [0.15, 0.2) is 182 Å². The Labute approximate surface area is 613 Å². The first-order valence-corrected chi connectivity index (χ1v) is 32.3. The van der Waals surface area contributed by atoms with Gasteiger partial charge in [0.05, 0.1) is 75.5 Å². The van der Waals surface area contributed by atoms with E-state index in [1.807, 2.05) is 48.5 Å². The Morgan fingerprint density at radius 1 is 0.370 bits per heavy atom. The largest absolute Gasteiger partial charge is 1.00 e. The molecule has 19 N–H and O–H groups in total. The molecule has 3 aliphatic carbocycles. The number of furan rings is 6. The number of aromatic amines is 2. The quantitative estimate of drug-likeness (QED) is 0.0308. The molecule has 2 aliphatic heterocycles. The van der Waals surface area contributed by atoms with Crippen molar-refractivity contribution in [3.05, 3.63) is 258 Å². The molecule has 3 aromatic carbocycles. The van der Waals surface area contributed by atoms with E-state index < -0.39 is 5.41 Å². The van der Waals surface area contributed by atoms with Gasteiger partial charge in [-0.3, -0.25) is 60.4 Å². The van der Waals surface area contributed by atoms with Gasteiger partial charge >= 0.3 is 29.6 Å². The molecule has 15 rings (SSSR count). The molecule has 0 atom stereocenters. The molecule has 100 heavy (non-hydrogen) atoms. The number of carbonyl (C=O) groups excluding carboxylic acids is 4. The first-order chi connectivity index (χ1) is 45.8. The molecular formula is C73H89Cl2N10NaO14. The number of hydrogen-bond acceptors (Lipinski definition) is 17. The van der Waals surface area contributed by atoms with E-state index in [0.717, 1.165) is 115 Å². The Morgan fingerprint density at radius 3 is 0.840 bits per heavy atom. The van der Waals surface area contributed by atoms with Crippen LogP contribution in [0.1, 0.15) is 214 Å². The Kier molecular flexibility index (Phi) is 30.5. The van der Waals surface area contributed by atoms with Gasteiger partial charge in [-0.15, -0.1) is 0 Å². The molecular weight excluding hydrogens is 1330 g/mol. The topological polar surface area (TPSA) is 440 Å². The average Bonchev–Trinajstić information content (AvgIpc) is 1.57. The maximum absolute atomic E-state index is 12.9. The Bertz CT molecular complexity index is 3980. The monoisotopic (exact) mass is 1420 g/mol. The van der Waals surface area contributed by atoms with Gasteiger partial charge in [-0.25, -0.2) is 0 Å². The minimum absolute atomic E-state index is 0. The first kappa shape index (κ1) is 82.5. The molecule has 3 fully saturated rings. The first-order valence-electron chi connectivity index (χ1n) is 32.3. The van der Waals surface area contributed by atoms with Crippen molar-refractivity contribution in [1.82, 2.24) is 20.0 Å². The number of nitrogens with two attached hydrogens (primary N) is 4. The van der Waals surface area contributed by atoms with Crippen LogP contribution in [0, 0.1) is 0 Å². The number of carbonyl (C=O) groups is 4. The number of rotatable bonds is 14. The Morgan fingerprint density at radius 2 is 0.600 bits per heavy atom. The molecule has 0 radical (unpaired) electrons. The molecule has 10 aromatic rings. The third-order valence-corrected chi connectivity index (χ3v) is 18.9. The van der Waals surface area contributed by atoms with E-state index in [4.69, 9.17) is 38.0 Å². The summed E-state index contributed by atoms with van der Waals surface area (Å²) in [6.07, 6.45) is 16.4. The number of hydrazine groups is 1. The fourth-order valence-electron chi connectivity index (χ4n) is 14.0. The van der Waals surface area contributed by atoms with Crippen LogP contribution in [0.5, 0.6) is 0 Å². The molecule has 0 unspecified atom stereocenters. The van der Waals surface area contributed by atoms with E-state index in [-0.39, 0.29) is 131 Å². The molecule has 24 nitrogen and oxygen atoms in total. The van der Waals surface area contributed by atoms with Crippen molar-refractivity contribution in [2.45, 2.75) is 159 Å². The number of aromatic nitrogens is 2. The van der Waals surface area contributed by atoms with Crippen LogP contribution in [0.3, 0.4) is 0 Å². The number of hydrogen-bond donors (Lipinski definition) is 8. The van der Waals surface area contributed by atoms with Crippen molar-refractivity contribution in [3.63, 3.8) is 0 Å². The van der Waals surface area contributed by atoms with E-state index >= 15 is 0 Å². The summed E-state index contributed by atoms with van der Waals surface area (Å²) in [5, 5.41) is 5.33. The third-order valence-electron chi connectivity index (χ3n) is 18.9. The van der Waals surface area contributed by atoms with Gasteiger partial charge in [0, 0.05) is 0 Å². The summed E-state index contributed by atoms with van der Waals surface area (Å²) in [6.45, 7) is 2.35. The molecule has 7 aromatic heterocycles. The van der Waals surface area contributed by atoms with Gasteiger partial charge < -0.3 is 85.2 Å². The Hall–Kier alpha value is -8.18. The summed E-state index contributed by atoms with van der Waals surface area (Å²) in [4.78, 5) is 76.1. The van der Waals surface area contributed by atoms with Crippen LogP contribution in [-0.2, 0) is 55.5 Å². The number of nitrogens with zero attached hydrogens (tertiary/aromatic N) is 2. The van der Waals surface area contributed by atoms with Gasteiger partial charge in [0.25, 0.3) is 34.7 Å². The normalized spacial score (nSPS) is 15.8. The minimum Gasteiger partial charge on any atom is -1.00 e. The van der Waals surface area contributed by atoms with Gasteiger partial charge in [-0.05, 0) is 148 Å². The average molecular weight is 1420 g/mol. The Balaban J connectivity index is 0.000000256. The summed E-state index contributed by atoms with van der Waals surface area (Å²) in [5.41, 5.74) is 19.5. The maximum Gasteiger partial charge on any atom is 1.00 e. The molecule has 5 aliphatic rings. The standard InChI is InChI=1S/C32H26N2O6.2C16H22N2O2.C8H6N2O2.CH4.2ClH.H4N2.Na.2H2O/c35-28-22-8-2-3-9-23(22)29(36)33(28)18-20-12-14-26(39-20)32(16-6-1-7-17-32)27-15-13-21(40-27)19-34-30(37)24-10-4-5-11-25(24)31(34)38;2*17-10-12-4-6-14(19-12)16(8-2-1-3-9-16)15-7-5-13(11-18)20-15;11-7-5-3-1-2-4-6(5)8(12)10-9-7;;;;1-2;;;/h2-5,8-15H,1,6-7,16-19H2;2*4-7H,1-3,8-11,17-18H2;1-4H,(H,9,11)(H,10,12);1H4;2*1H;1-2H2;;2*1H2/q;;;;;;;;+1;;/p-1. The molecule has 0 saturated heterocycles. The predicted octanol–water partition coefficient (Wildman–Crippen LogP) is 0.0438. The van der Waals surface area contributed by atoms with Gasteiger partial charge in [0.2, 0.25) is 0 Å². The van der Waals surface area contributed by atoms with Crippen LogP contribution < -0.4 is 100 Å².